The third-order valence-corrected chi connectivity index (χ3v) is 3.86. The topological polar surface area (TPSA) is 84.7 Å². The number of hydrogen-bond donors (Lipinski definition) is 2. The Morgan fingerprint density at radius 3 is 2.62 bits per heavy atom. The zero-order valence-corrected chi connectivity index (χ0v) is 14.8. The Labute approximate surface area is 151 Å². The zero-order chi connectivity index (χ0) is 19.1. The van der Waals surface area contributed by atoms with Crippen LogP contribution in [0.15, 0.2) is 42.5 Å². The van der Waals surface area contributed by atoms with Crippen LogP contribution in [0.4, 0.5) is 10.1 Å². The highest BCUT2D eigenvalue weighted by Gasteiger charge is 2.11. The fourth-order valence-electron chi connectivity index (χ4n) is 2.51. The smallest absolute Gasteiger partial charge is 0.250 e. The molecule has 0 heterocycles. The van der Waals surface area contributed by atoms with E-state index in [4.69, 9.17) is 10.5 Å². The first kappa shape index (κ1) is 19.4. The standard InChI is InChI=1S/C19H22FN3O3/c1-23(12-13-7-8-17(26-2)15(20)11-13)10-9-18(24)22-16-6-4-3-5-14(16)19(21)25/h3-8,11H,9-10,12H2,1-2H3,(H2,21,25)(H,22,24). The van der Waals surface area contributed by atoms with E-state index in [1.165, 1.54) is 13.2 Å². The van der Waals surface area contributed by atoms with E-state index in [9.17, 15) is 14.0 Å². The number of methoxy groups -OCH3 is 1. The summed E-state index contributed by atoms with van der Waals surface area (Å²) in [5.74, 6) is -1.05. The van der Waals surface area contributed by atoms with Crippen molar-refractivity contribution in [3.63, 3.8) is 0 Å². The number of nitrogens with one attached hydrogen (secondary N) is 1. The van der Waals surface area contributed by atoms with Crippen LogP contribution in [-0.2, 0) is 11.3 Å². The van der Waals surface area contributed by atoms with Crippen LogP contribution in [0.5, 0.6) is 5.75 Å². The molecule has 0 aliphatic rings. The minimum atomic E-state index is -0.598. The van der Waals surface area contributed by atoms with Gasteiger partial charge in [-0.05, 0) is 36.9 Å². The molecular weight excluding hydrogens is 337 g/mol. The Bertz CT molecular complexity index is 795. The van der Waals surface area contributed by atoms with E-state index in [1.807, 2.05) is 11.9 Å². The molecule has 2 aromatic rings. The summed E-state index contributed by atoms with van der Waals surface area (Å²) in [6.07, 6.45) is 0.224. The van der Waals surface area contributed by atoms with E-state index in [2.05, 4.69) is 5.32 Å². The van der Waals surface area contributed by atoms with Crippen molar-refractivity contribution in [1.82, 2.24) is 4.90 Å². The predicted octanol–water partition coefficient (Wildman–Crippen LogP) is 2.39. The van der Waals surface area contributed by atoms with Gasteiger partial charge in [-0.3, -0.25) is 9.59 Å². The molecule has 0 aromatic heterocycles. The van der Waals surface area contributed by atoms with Gasteiger partial charge in [-0.25, -0.2) is 4.39 Å². The lowest BCUT2D eigenvalue weighted by Gasteiger charge is -2.17. The lowest BCUT2D eigenvalue weighted by atomic mass is 10.1. The van der Waals surface area contributed by atoms with Crippen molar-refractivity contribution >= 4 is 17.5 Å². The first-order chi connectivity index (χ1) is 12.4. The number of amides is 2. The number of carbonyl (C=O) groups excluding carboxylic acids is 2. The Kier molecular flexibility index (Phi) is 6.68. The van der Waals surface area contributed by atoms with Gasteiger partial charge in [-0.1, -0.05) is 18.2 Å². The third kappa shape index (κ3) is 5.29. The van der Waals surface area contributed by atoms with Gasteiger partial charge in [-0.2, -0.15) is 0 Å². The molecule has 0 atom stereocenters. The molecular formula is C19H22FN3O3. The van der Waals surface area contributed by atoms with Gasteiger partial charge >= 0.3 is 0 Å². The molecule has 26 heavy (non-hydrogen) atoms. The van der Waals surface area contributed by atoms with Crippen molar-refractivity contribution in [3.05, 3.63) is 59.4 Å². The molecule has 0 fully saturated rings. The number of primary amides is 1. The van der Waals surface area contributed by atoms with Crippen molar-refractivity contribution < 1.29 is 18.7 Å². The van der Waals surface area contributed by atoms with E-state index in [1.54, 1.807) is 36.4 Å². The van der Waals surface area contributed by atoms with Gasteiger partial charge in [-0.15, -0.1) is 0 Å². The summed E-state index contributed by atoms with van der Waals surface area (Å²) in [7, 11) is 3.26. The first-order valence-corrected chi connectivity index (χ1v) is 8.10. The molecule has 2 amide bonds. The molecule has 138 valence electrons. The normalized spacial score (nSPS) is 10.6. The van der Waals surface area contributed by atoms with Crippen LogP contribution in [0.25, 0.3) is 0 Å². The van der Waals surface area contributed by atoms with Crippen molar-refractivity contribution in [2.75, 3.05) is 26.0 Å². The number of hydrogen-bond acceptors (Lipinski definition) is 4. The number of nitrogens with zero attached hydrogens (tertiary/aromatic N) is 1. The summed E-state index contributed by atoms with van der Waals surface area (Å²) in [5.41, 5.74) is 6.74. The first-order valence-electron chi connectivity index (χ1n) is 8.10. The van der Waals surface area contributed by atoms with E-state index in [0.717, 1.165) is 5.56 Å². The Hall–Kier alpha value is -2.93. The van der Waals surface area contributed by atoms with Gasteiger partial charge in [0, 0.05) is 19.5 Å². The highest BCUT2D eigenvalue weighted by atomic mass is 19.1. The molecule has 0 bridgehead atoms. The predicted molar refractivity (Wildman–Crippen MR) is 97.5 cm³/mol. The largest absolute Gasteiger partial charge is 0.494 e. The van der Waals surface area contributed by atoms with Crippen LogP contribution in [0.1, 0.15) is 22.3 Å². The number of anilines is 1. The monoisotopic (exact) mass is 359 g/mol. The molecule has 6 nitrogen and oxygen atoms in total. The minimum Gasteiger partial charge on any atom is -0.494 e. The average molecular weight is 359 g/mol. The van der Waals surface area contributed by atoms with Gasteiger partial charge in [0.25, 0.3) is 5.91 Å². The second-order valence-electron chi connectivity index (χ2n) is 5.91. The third-order valence-electron chi connectivity index (χ3n) is 3.86. The average Bonchev–Trinajstić information content (AvgIpc) is 2.60. The second kappa shape index (κ2) is 8.96. The Balaban J connectivity index is 1.87. The van der Waals surface area contributed by atoms with Gasteiger partial charge in [0.05, 0.1) is 18.4 Å². The number of ether oxygens (including phenoxy) is 1. The highest BCUT2D eigenvalue weighted by molar-refractivity contribution is 6.02. The molecule has 2 aromatic carbocycles. The van der Waals surface area contributed by atoms with E-state index in [0.29, 0.717) is 18.8 Å². The molecule has 2 rings (SSSR count). The maximum atomic E-state index is 13.7. The zero-order valence-electron chi connectivity index (χ0n) is 14.8. The molecule has 0 saturated heterocycles. The Morgan fingerprint density at radius 1 is 1.23 bits per heavy atom. The number of nitrogens with two attached hydrogens (primary N) is 1. The fraction of sp³-hybridized carbons (Fsp3) is 0.263. The Morgan fingerprint density at radius 2 is 1.96 bits per heavy atom. The van der Waals surface area contributed by atoms with Gasteiger partial charge in [0.1, 0.15) is 0 Å². The van der Waals surface area contributed by atoms with Crippen LogP contribution >= 0.6 is 0 Å². The molecule has 0 spiro atoms. The van der Waals surface area contributed by atoms with E-state index < -0.39 is 11.7 Å². The summed E-state index contributed by atoms with van der Waals surface area (Å²) >= 11 is 0. The van der Waals surface area contributed by atoms with E-state index in [-0.39, 0.29) is 23.6 Å². The highest BCUT2D eigenvalue weighted by Crippen LogP contribution is 2.18. The number of benzene rings is 2. The molecule has 0 aliphatic carbocycles. The molecule has 7 heteroatoms. The van der Waals surface area contributed by atoms with Gasteiger partial charge < -0.3 is 20.7 Å². The van der Waals surface area contributed by atoms with Crippen molar-refractivity contribution in [2.45, 2.75) is 13.0 Å². The second-order valence-corrected chi connectivity index (χ2v) is 5.91. The van der Waals surface area contributed by atoms with Crippen LogP contribution in [0.2, 0.25) is 0 Å². The molecule has 0 aliphatic heterocycles. The molecule has 0 radical (unpaired) electrons. The van der Waals surface area contributed by atoms with Crippen LogP contribution in [-0.4, -0.2) is 37.4 Å². The number of carbonyl (C=O) groups is 2. The lowest BCUT2D eigenvalue weighted by Crippen LogP contribution is -2.25. The molecule has 3 N–H and O–H groups in total. The van der Waals surface area contributed by atoms with Crippen LogP contribution < -0.4 is 15.8 Å². The van der Waals surface area contributed by atoms with E-state index >= 15 is 0 Å². The minimum absolute atomic E-state index is 0.198. The maximum Gasteiger partial charge on any atom is 0.250 e. The van der Waals surface area contributed by atoms with Crippen molar-refractivity contribution in [2.24, 2.45) is 5.73 Å². The SMILES string of the molecule is COc1ccc(CN(C)CCC(=O)Nc2ccccc2C(N)=O)cc1F. The van der Waals surface area contributed by atoms with Crippen LogP contribution in [0.3, 0.4) is 0 Å². The van der Waals surface area contributed by atoms with Crippen molar-refractivity contribution in [1.29, 1.82) is 0 Å². The quantitative estimate of drug-likeness (QED) is 0.758. The van der Waals surface area contributed by atoms with Crippen LogP contribution in [0, 0.1) is 5.82 Å². The molecule has 0 unspecified atom stereocenters. The van der Waals surface area contributed by atoms with Gasteiger partial charge in [0.2, 0.25) is 5.91 Å². The summed E-state index contributed by atoms with van der Waals surface area (Å²) in [6.45, 7) is 0.963. The molecule has 0 saturated carbocycles. The summed E-state index contributed by atoms with van der Waals surface area (Å²) in [6, 6.07) is 11.3. The fourth-order valence-corrected chi connectivity index (χ4v) is 2.51. The van der Waals surface area contributed by atoms with Crippen molar-refractivity contribution in [3.8, 4) is 5.75 Å². The summed E-state index contributed by atoms with van der Waals surface area (Å²) in [5, 5.41) is 2.69. The summed E-state index contributed by atoms with van der Waals surface area (Å²) < 4.78 is 18.6. The number of rotatable bonds is 8. The number of para-hydroxylation sites is 1. The number of halogens is 1. The summed E-state index contributed by atoms with van der Waals surface area (Å²) in [4.78, 5) is 25.4. The van der Waals surface area contributed by atoms with Gasteiger partial charge in [0.15, 0.2) is 11.6 Å². The lowest BCUT2D eigenvalue weighted by molar-refractivity contribution is -0.116. The maximum absolute atomic E-state index is 13.7.